The predicted octanol–water partition coefficient (Wildman–Crippen LogP) is 3.95. The molecule has 2 heteroatoms. The summed E-state index contributed by atoms with van der Waals surface area (Å²) in [5.41, 5.74) is 0.426. The summed E-state index contributed by atoms with van der Waals surface area (Å²) in [7, 11) is 6.38. The van der Waals surface area contributed by atoms with E-state index in [2.05, 4.69) is 19.0 Å². The summed E-state index contributed by atoms with van der Waals surface area (Å²) in [4.78, 5) is 2.41. The van der Waals surface area contributed by atoms with Gasteiger partial charge in [0.05, 0.1) is 6.61 Å². The lowest BCUT2D eigenvalue weighted by atomic mass is 9.61. The van der Waals surface area contributed by atoms with Crippen molar-refractivity contribution in [2.45, 2.75) is 57.8 Å². The number of hydrogen-bond donors (Lipinski definition) is 0. The van der Waals surface area contributed by atoms with E-state index >= 15 is 0 Å². The molecule has 0 heterocycles. The lowest BCUT2D eigenvalue weighted by Gasteiger charge is -2.48. The molecule has 0 aromatic rings. The van der Waals surface area contributed by atoms with Gasteiger partial charge in [-0.15, -0.1) is 0 Å². The third-order valence-corrected chi connectivity index (χ3v) is 5.61. The maximum atomic E-state index is 5.75. The van der Waals surface area contributed by atoms with Crippen molar-refractivity contribution in [1.82, 2.24) is 4.90 Å². The van der Waals surface area contributed by atoms with E-state index in [9.17, 15) is 0 Å². The van der Waals surface area contributed by atoms with Crippen LogP contribution in [0.1, 0.15) is 57.8 Å². The molecule has 0 aliphatic heterocycles. The van der Waals surface area contributed by atoms with Gasteiger partial charge in [0.25, 0.3) is 0 Å². The first-order valence-electron chi connectivity index (χ1n) is 8.33. The van der Waals surface area contributed by atoms with E-state index in [1.807, 2.05) is 7.11 Å². The molecule has 0 aromatic carbocycles. The summed E-state index contributed by atoms with van der Waals surface area (Å²) in [6, 6.07) is 0. The van der Waals surface area contributed by atoms with Gasteiger partial charge in [0.1, 0.15) is 0 Å². The number of nitrogens with zero attached hydrogens (tertiary/aromatic N) is 1. The number of methoxy groups -OCH3 is 1. The van der Waals surface area contributed by atoms with Gasteiger partial charge in [-0.2, -0.15) is 0 Å². The molecule has 2 aliphatic rings. The first-order chi connectivity index (χ1) is 9.19. The van der Waals surface area contributed by atoms with Crippen LogP contribution in [0.5, 0.6) is 0 Å². The zero-order chi connectivity index (χ0) is 13.7. The van der Waals surface area contributed by atoms with Crippen LogP contribution in [-0.4, -0.2) is 39.3 Å². The average molecular weight is 267 g/mol. The van der Waals surface area contributed by atoms with Crippen LogP contribution >= 0.6 is 0 Å². The molecule has 2 saturated carbocycles. The summed E-state index contributed by atoms with van der Waals surface area (Å²) < 4.78 is 5.75. The van der Waals surface area contributed by atoms with Gasteiger partial charge in [0.2, 0.25) is 0 Å². The third kappa shape index (κ3) is 3.52. The monoisotopic (exact) mass is 267 g/mol. The van der Waals surface area contributed by atoms with Gasteiger partial charge < -0.3 is 9.64 Å². The lowest BCUT2D eigenvalue weighted by molar-refractivity contribution is -0.0460. The zero-order valence-electron chi connectivity index (χ0n) is 13.3. The predicted molar refractivity (Wildman–Crippen MR) is 81.4 cm³/mol. The van der Waals surface area contributed by atoms with Crippen molar-refractivity contribution in [3.63, 3.8) is 0 Å². The highest BCUT2D eigenvalue weighted by molar-refractivity contribution is 4.96. The van der Waals surface area contributed by atoms with Crippen molar-refractivity contribution in [3.05, 3.63) is 0 Å². The Morgan fingerprint density at radius 1 is 0.895 bits per heavy atom. The van der Waals surface area contributed by atoms with Crippen molar-refractivity contribution in [2.75, 3.05) is 34.4 Å². The van der Waals surface area contributed by atoms with E-state index in [1.165, 1.54) is 64.3 Å². The second-order valence-electron chi connectivity index (χ2n) is 7.22. The third-order valence-electron chi connectivity index (χ3n) is 5.61. The molecule has 0 saturated heterocycles. The normalized spacial score (nSPS) is 25.9. The van der Waals surface area contributed by atoms with Gasteiger partial charge in [-0.3, -0.25) is 0 Å². The standard InChI is InChI=1S/C17H33NO/c1-18(2)13-17(14-19-3,16-11-7-8-12-16)15-9-5-4-6-10-15/h15-16H,4-14H2,1-3H3. The van der Waals surface area contributed by atoms with E-state index < -0.39 is 0 Å². The largest absolute Gasteiger partial charge is 0.384 e. The minimum Gasteiger partial charge on any atom is -0.384 e. The van der Waals surface area contributed by atoms with E-state index in [0.29, 0.717) is 5.41 Å². The van der Waals surface area contributed by atoms with Crippen LogP contribution in [-0.2, 0) is 4.74 Å². The molecular weight excluding hydrogens is 234 g/mol. The molecule has 0 radical (unpaired) electrons. The van der Waals surface area contributed by atoms with Crippen LogP contribution in [0.3, 0.4) is 0 Å². The van der Waals surface area contributed by atoms with E-state index in [4.69, 9.17) is 4.74 Å². The molecule has 2 nitrogen and oxygen atoms in total. The smallest absolute Gasteiger partial charge is 0.0536 e. The van der Waals surface area contributed by atoms with Crippen molar-refractivity contribution in [1.29, 1.82) is 0 Å². The number of rotatable bonds is 6. The summed E-state index contributed by atoms with van der Waals surface area (Å²) in [6.07, 6.45) is 13.0. The van der Waals surface area contributed by atoms with E-state index in [-0.39, 0.29) is 0 Å². The maximum Gasteiger partial charge on any atom is 0.0536 e. The van der Waals surface area contributed by atoms with Crippen LogP contribution in [0.15, 0.2) is 0 Å². The Kier molecular flexibility index (Phi) is 5.70. The number of hydrogen-bond acceptors (Lipinski definition) is 2. The first-order valence-corrected chi connectivity index (χ1v) is 8.33. The Morgan fingerprint density at radius 3 is 1.79 bits per heavy atom. The SMILES string of the molecule is COCC(CN(C)C)(C1CCCCC1)C1CCCC1. The van der Waals surface area contributed by atoms with Crippen LogP contribution in [0.2, 0.25) is 0 Å². The minimum absolute atomic E-state index is 0.426. The quantitative estimate of drug-likeness (QED) is 0.722. The zero-order valence-corrected chi connectivity index (χ0v) is 13.3. The fourth-order valence-corrected chi connectivity index (χ4v) is 4.91. The Hall–Kier alpha value is -0.0800. The second kappa shape index (κ2) is 7.08. The van der Waals surface area contributed by atoms with Gasteiger partial charge >= 0.3 is 0 Å². The molecule has 112 valence electrons. The molecule has 0 bridgehead atoms. The van der Waals surface area contributed by atoms with E-state index in [0.717, 1.165) is 18.4 Å². The van der Waals surface area contributed by atoms with E-state index in [1.54, 1.807) is 0 Å². The van der Waals surface area contributed by atoms with Gasteiger partial charge in [-0.1, -0.05) is 32.1 Å². The Morgan fingerprint density at radius 2 is 1.37 bits per heavy atom. The Labute approximate surface area is 119 Å². The van der Waals surface area contributed by atoms with Crippen LogP contribution in [0.25, 0.3) is 0 Å². The fourth-order valence-electron chi connectivity index (χ4n) is 4.91. The summed E-state index contributed by atoms with van der Waals surface area (Å²) in [5.74, 6) is 1.80. The number of ether oxygens (including phenoxy) is 1. The van der Waals surface area contributed by atoms with Gasteiger partial charge in [-0.25, -0.2) is 0 Å². The van der Waals surface area contributed by atoms with Crippen LogP contribution < -0.4 is 0 Å². The Bertz CT molecular complexity index is 254. The summed E-state index contributed by atoms with van der Waals surface area (Å²) in [6.45, 7) is 2.19. The summed E-state index contributed by atoms with van der Waals surface area (Å²) >= 11 is 0. The van der Waals surface area contributed by atoms with Crippen molar-refractivity contribution < 1.29 is 4.74 Å². The molecule has 1 unspecified atom stereocenters. The minimum atomic E-state index is 0.426. The van der Waals surface area contributed by atoms with Crippen molar-refractivity contribution in [3.8, 4) is 0 Å². The topological polar surface area (TPSA) is 12.5 Å². The van der Waals surface area contributed by atoms with Gasteiger partial charge in [0.15, 0.2) is 0 Å². The molecule has 0 spiro atoms. The fraction of sp³-hybridized carbons (Fsp3) is 1.00. The molecule has 0 N–H and O–H groups in total. The maximum absolute atomic E-state index is 5.75. The summed E-state index contributed by atoms with van der Waals surface area (Å²) in [5, 5.41) is 0. The first kappa shape index (κ1) is 15.3. The molecule has 2 fully saturated rings. The lowest BCUT2D eigenvalue weighted by Crippen LogP contribution is -2.49. The highest BCUT2D eigenvalue weighted by Gasteiger charge is 2.46. The molecule has 2 aliphatic carbocycles. The highest BCUT2D eigenvalue weighted by atomic mass is 16.5. The molecular formula is C17H33NO. The molecule has 2 rings (SSSR count). The Balaban J connectivity index is 2.20. The van der Waals surface area contributed by atoms with Crippen molar-refractivity contribution >= 4 is 0 Å². The highest BCUT2D eigenvalue weighted by Crippen LogP contribution is 2.50. The molecule has 19 heavy (non-hydrogen) atoms. The molecule has 1 atom stereocenters. The average Bonchev–Trinajstić information content (AvgIpc) is 2.93. The molecule has 0 amide bonds. The van der Waals surface area contributed by atoms with Gasteiger partial charge in [0, 0.05) is 19.1 Å². The van der Waals surface area contributed by atoms with Crippen molar-refractivity contribution in [2.24, 2.45) is 17.3 Å². The van der Waals surface area contributed by atoms with Crippen LogP contribution in [0, 0.1) is 17.3 Å². The second-order valence-corrected chi connectivity index (χ2v) is 7.22. The van der Waals surface area contributed by atoms with Gasteiger partial charge in [-0.05, 0) is 51.6 Å². The van der Waals surface area contributed by atoms with Crippen LogP contribution in [0.4, 0.5) is 0 Å². The molecule has 0 aromatic heterocycles.